The Morgan fingerprint density at radius 3 is 2.55 bits per heavy atom. The van der Waals surface area contributed by atoms with Gasteiger partial charge in [0.05, 0.1) is 18.9 Å². The fourth-order valence-electron chi connectivity index (χ4n) is 3.21. The van der Waals surface area contributed by atoms with Crippen molar-refractivity contribution in [2.75, 3.05) is 7.11 Å². The molecule has 0 aliphatic heterocycles. The Bertz CT molecular complexity index is 1260. The van der Waals surface area contributed by atoms with Crippen LogP contribution in [0.1, 0.15) is 15.9 Å². The molecule has 0 bridgehead atoms. The molecule has 4 aromatic carbocycles. The van der Waals surface area contributed by atoms with Crippen LogP contribution in [0.15, 0.2) is 71.8 Å². The molecule has 0 fully saturated rings. The second-order valence-electron chi connectivity index (χ2n) is 6.50. The minimum atomic E-state index is -0.566. The summed E-state index contributed by atoms with van der Waals surface area (Å²) in [4.78, 5) is 12.5. The van der Waals surface area contributed by atoms with Gasteiger partial charge in [-0.05, 0) is 51.9 Å². The van der Waals surface area contributed by atoms with Crippen LogP contribution in [0.25, 0.3) is 21.5 Å². The van der Waals surface area contributed by atoms with Gasteiger partial charge in [-0.15, -0.1) is 0 Å². The van der Waals surface area contributed by atoms with Crippen LogP contribution in [0.5, 0.6) is 17.2 Å². The maximum atomic E-state index is 12.5. The molecule has 144 valence electrons. The van der Waals surface area contributed by atoms with E-state index in [0.29, 0.717) is 11.3 Å². The number of nitrogens with one attached hydrogen (secondary N) is 1. The SMILES string of the molecule is COc1ccc2cc(O)c(C(=O)NN=Cc3c(O)ccc4ccccc34)cc2c1. The molecule has 4 rings (SSSR count). The fourth-order valence-corrected chi connectivity index (χ4v) is 3.21. The minimum absolute atomic E-state index is 0.0577. The van der Waals surface area contributed by atoms with Crippen LogP contribution < -0.4 is 10.2 Å². The highest BCUT2D eigenvalue weighted by Gasteiger charge is 2.13. The maximum absolute atomic E-state index is 12.5. The highest BCUT2D eigenvalue weighted by atomic mass is 16.5. The van der Waals surface area contributed by atoms with Gasteiger partial charge in [0.2, 0.25) is 0 Å². The van der Waals surface area contributed by atoms with Gasteiger partial charge < -0.3 is 14.9 Å². The number of ether oxygens (including phenoxy) is 1. The summed E-state index contributed by atoms with van der Waals surface area (Å²) in [5.41, 5.74) is 2.99. The molecule has 1 amide bonds. The van der Waals surface area contributed by atoms with E-state index in [4.69, 9.17) is 4.74 Å². The number of phenolic OH excluding ortho intramolecular Hbond substituents is 2. The van der Waals surface area contributed by atoms with E-state index < -0.39 is 5.91 Å². The summed E-state index contributed by atoms with van der Waals surface area (Å²) in [6, 6.07) is 19.4. The third-order valence-electron chi connectivity index (χ3n) is 4.71. The van der Waals surface area contributed by atoms with Gasteiger partial charge >= 0.3 is 0 Å². The van der Waals surface area contributed by atoms with Crippen molar-refractivity contribution in [3.8, 4) is 17.2 Å². The summed E-state index contributed by atoms with van der Waals surface area (Å²) in [7, 11) is 1.56. The van der Waals surface area contributed by atoms with E-state index in [1.165, 1.54) is 12.3 Å². The first-order valence-corrected chi connectivity index (χ1v) is 8.91. The monoisotopic (exact) mass is 386 g/mol. The topological polar surface area (TPSA) is 91.2 Å². The summed E-state index contributed by atoms with van der Waals surface area (Å²) < 4.78 is 5.20. The van der Waals surface area contributed by atoms with Crippen molar-refractivity contribution in [1.29, 1.82) is 0 Å². The van der Waals surface area contributed by atoms with E-state index in [-0.39, 0.29) is 17.1 Å². The minimum Gasteiger partial charge on any atom is -0.507 e. The van der Waals surface area contributed by atoms with Crippen LogP contribution >= 0.6 is 0 Å². The average Bonchev–Trinajstić information content (AvgIpc) is 2.74. The Kier molecular flexibility index (Phi) is 4.75. The van der Waals surface area contributed by atoms with Crippen LogP contribution in [-0.2, 0) is 0 Å². The molecule has 0 radical (unpaired) electrons. The molecule has 6 heteroatoms. The molecule has 0 unspecified atom stereocenters. The summed E-state index contributed by atoms with van der Waals surface area (Å²) in [5, 5.41) is 27.6. The molecular weight excluding hydrogens is 368 g/mol. The number of hydrogen-bond donors (Lipinski definition) is 3. The lowest BCUT2D eigenvalue weighted by molar-refractivity contribution is 0.0952. The molecule has 0 aliphatic rings. The Hall–Kier alpha value is -4.06. The number of phenols is 2. The molecule has 0 heterocycles. The van der Waals surface area contributed by atoms with Crippen molar-refractivity contribution in [2.45, 2.75) is 0 Å². The molecule has 0 aromatic heterocycles. The number of carbonyl (C=O) groups excluding carboxylic acids is 1. The van der Waals surface area contributed by atoms with Gasteiger partial charge in [-0.1, -0.05) is 36.4 Å². The normalized spacial score (nSPS) is 11.2. The summed E-state index contributed by atoms with van der Waals surface area (Å²) in [6.07, 6.45) is 1.39. The summed E-state index contributed by atoms with van der Waals surface area (Å²) >= 11 is 0. The fraction of sp³-hybridized carbons (Fsp3) is 0.0435. The van der Waals surface area contributed by atoms with Crippen molar-refractivity contribution < 1.29 is 19.7 Å². The number of carbonyl (C=O) groups is 1. The number of nitrogens with zero attached hydrogens (tertiary/aromatic N) is 1. The zero-order valence-electron chi connectivity index (χ0n) is 15.6. The second kappa shape index (κ2) is 7.52. The van der Waals surface area contributed by atoms with E-state index in [1.54, 1.807) is 37.4 Å². The number of fused-ring (bicyclic) bond motifs is 2. The van der Waals surface area contributed by atoms with E-state index in [9.17, 15) is 15.0 Å². The molecule has 0 spiro atoms. The first kappa shape index (κ1) is 18.3. The smallest absolute Gasteiger partial charge is 0.275 e. The van der Waals surface area contributed by atoms with Crippen molar-refractivity contribution in [3.05, 3.63) is 77.9 Å². The van der Waals surface area contributed by atoms with E-state index in [2.05, 4.69) is 10.5 Å². The Morgan fingerprint density at radius 1 is 0.931 bits per heavy atom. The standard InChI is InChI=1S/C23H18N2O4/c1-29-17-8-6-15-12-22(27)19(11-16(15)10-17)23(28)25-24-13-20-18-5-3-2-4-14(18)7-9-21(20)26/h2-13,26-27H,1H3,(H,25,28). The largest absolute Gasteiger partial charge is 0.507 e. The number of hydrogen-bond acceptors (Lipinski definition) is 5. The van der Waals surface area contributed by atoms with Crippen molar-refractivity contribution in [2.24, 2.45) is 5.10 Å². The predicted molar refractivity (Wildman–Crippen MR) is 113 cm³/mol. The molecule has 0 atom stereocenters. The highest BCUT2D eigenvalue weighted by Crippen LogP contribution is 2.28. The number of hydrazone groups is 1. The third kappa shape index (κ3) is 3.55. The molecule has 3 N–H and O–H groups in total. The summed E-state index contributed by atoms with van der Waals surface area (Å²) in [5.74, 6) is -0.00656. The Morgan fingerprint density at radius 2 is 1.72 bits per heavy atom. The quantitative estimate of drug-likeness (QED) is 0.362. The molecule has 0 aliphatic carbocycles. The Balaban J connectivity index is 1.62. The zero-order valence-corrected chi connectivity index (χ0v) is 15.6. The number of rotatable bonds is 4. The van der Waals surface area contributed by atoms with Crippen molar-refractivity contribution in [3.63, 3.8) is 0 Å². The lowest BCUT2D eigenvalue weighted by Crippen LogP contribution is -2.17. The lowest BCUT2D eigenvalue weighted by Gasteiger charge is -2.08. The molecule has 4 aromatic rings. The number of aromatic hydroxyl groups is 2. The molecule has 0 saturated heterocycles. The maximum Gasteiger partial charge on any atom is 0.275 e. The molecule has 29 heavy (non-hydrogen) atoms. The lowest BCUT2D eigenvalue weighted by atomic mass is 10.0. The van der Waals surface area contributed by atoms with E-state index in [0.717, 1.165) is 21.5 Å². The number of benzene rings is 4. The summed E-state index contributed by atoms with van der Waals surface area (Å²) in [6.45, 7) is 0. The average molecular weight is 386 g/mol. The van der Waals surface area contributed by atoms with E-state index >= 15 is 0 Å². The van der Waals surface area contributed by atoms with Crippen LogP contribution in [-0.4, -0.2) is 29.4 Å². The van der Waals surface area contributed by atoms with Crippen molar-refractivity contribution in [1.82, 2.24) is 5.43 Å². The molecule has 0 saturated carbocycles. The molecule has 6 nitrogen and oxygen atoms in total. The van der Waals surface area contributed by atoms with Crippen LogP contribution in [0, 0.1) is 0 Å². The van der Waals surface area contributed by atoms with Crippen molar-refractivity contribution >= 4 is 33.7 Å². The van der Waals surface area contributed by atoms with Gasteiger partial charge in [-0.3, -0.25) is 4.79 Å². The van der Waals surface area contributed by atoms with Gasteiger partial charge in [0, 0.05) is 5.56 Å². The van der Waals surface area contributed by atoms with Gasteiger partial charge in [0.1, 0.15) is 17.2 Å². The van der Waals surface area contributed by atoms with Gasteiger partial charge in [-0.2, -0.15) is 5.10 Å². The zero-order chi connectivity index (χ0) is 20.4. The van der Waals surface area contributed by atoms with Crippen LogP contribution in [0.2, 0.25) is 0 Å². The highest BCUT2D eigenvalue weighted by molar-refractivity contribution is 6.04. The van der Waals surface area contributed by atoms with E-state index in [1.807, 2.05) is 30.3 Å². The number of methoxy groups -OCH3 is 1. The second-order valence-corrected chi connectivity index (χ2v) is 6.50. The van der Waals surface area contributed by atoms with Gasteiger partial charge in [0.25, 0.3) is 5.91 Å². The van der Waals surface area contributed by atoms with Gasteiger partial charge in [-0.25, -0.2) is 5.43 Å². The first-order valence-electron chi connectivity index (χ1n) is 8.91. The van der Waals surface area contributed by atoms with Gasteiger partial charge in [0.15, 0.2) is 0 Å². The molecular formula is C23H18N2O4. The number of amides is 1. The first-order chi connectivity index (χ1) is 14.1. The Labute approximate surface area is 166 Å². The van der Waals surface area contributed by atoms with Crippen LogP contribution in [0.4, 0.5) is 0 Å². The van der Waals surface area contributed by atoms with Crippen LogP contribution in [0.3, 0.4) is 0 Å². The third-order valence-corrected chi connectivity index (χ3v) is 4.71. The predicted octanol–water partition coefficient (Wildman–Crippen LogP) is 4.18.